The Balaban J connectivity index is 1.62. The van der Waals surface area contributed by atoms with Gasteiger partial charge in [0.1, 0.15) is 16.6 Å². The Hall–Kier alpha value is -3.78. The number of anilines is 1. The number of aromatic amines is 2. The van der Waals surface area contributed by atoms with Crippen LogP contribution in [0.2, 0.25) is 0 Å². The second-order valence-electron chi connectivity index (χ2n) is 6.69. The molecule has 3 heterocycles. The smallest absolute Gasteiger partial charge is 0.325 e. The van der Waals surface area contributed by atoms with Crippen LogP contribution >= 0.6 is 23.1 Å². The van der Waals surface area contributed by atoms with Gasteiger partial charge in [-0.1, -0.05) is 29.2 Å². The zero-order chi connectivity index (χ0) is 23.4. The van der Waals surface area contributed by atoms with E-state index >= 15 is 0 Å². The van der Waals surface area contributed by atoms with Crippen molar-refractivity contribution < 1.29 is 9.53 Å². The summed E-state index contributed by atoms with van der Waals surface area (Å²) in [4.78, 5) is 40.4. The molecular formula is C19H18N8O4S2. The van der Waals surface area contributed by atoms with E-state index in [1.807, 2.05) is 12.1 Å². The molecule has 14 heteroatoms. The summed E-state index contributed by atoms with van der Waals surface area (Å²) < 4.78 is 7.06. The van der Waals surface area contributed by atoms with Gasteiger partial charge in [0.05, 0.1) is 18.6 Å². The fourth-order valence-electron chi connectivity index (χ4n) is 2.93. The zero-order valence-electron chi connectivity index (χ0n) is 17.5. The number of carbonyl (C=O) groups excluding carboxylic acids is 1. The summed E-state index contributed by atoms with van der Waals surface area (Å²) in [5.41, 5.74) is -0.0482. The van der Waals surface area contributed by atoms with Gasteiger partial charge >= 0.3 is 5.69 Å². The number of methoxy groups -OCH3 is 1. The molecule has 0 saturated carbocycles. The summed E-state index contributed by atoms with van der Waals surface area (Å²) in [7, 11) is 1.56. The molecule has 170 valence electrons. The molecule has 3 N–H and O–H groups in total. The van der Waals surface area contributed by atoms with Crippen LogP contribution in [0.1, 0.15) is 16.5 Å². The summed E-state index contributed by atoms with van der Waals surface area (Å²) in [5.74, 6) is 0.878. The SMILES string of the molecule is COc1cccc(-n2c(Cc3cc(=O)[nH]c(=O)[nH]3)nnc2SCC(=O)Nc2nnc(C)s2)c1. The minimum absolute atomic E-state index is 0.0581. The maximum Gasteiger partial charge on any atom is 0.325 e. The van der Waals surface area contributed by atoms with Gasteiger partial charge in [-0.15, -0.1) is 20.4 Å². The largest absolute Gasteiger partial charge is 0.497 e. The number of hydrogen-bond donors (Lipinski definition) is 3. The first-order valence-electron chi connectivity index (χ1n) is 9.55. The van der Waals surface area contributed by atoms with Gasteiger partial charge in [-0.2, -0.15) is 0 Å². The highest BCUT2D eigenvalue weighted by atomic mass is 32.2. The number of aryl methyl sites for hydroxylation is 1. The first-order valence-corrected chi connectivity index (χ1v) is 11.4. The quantitative estimate of drug-likeness (QED) is 0.310. The molecule has 0 radical (unpaired) electrons. The van der Waals surface area contributed by atoms with Crippen molar-refractivity contribution in [3.8, 4) is 11.4 Å². The number of hydrogen-bond acceptors (Lipinski definition) is 10. The maximum atomic E-state index is 12.4. The van der Waals surface area contributed by atoms with E-state index in [2.05, 4.69) is 35.7 Å². The number of benzene rings is 1. The molecule has 4 aromatic rings. The first kappa shape index (κ1) is 22.4. The Bertz CT molecular complexity index is 1380. The van der Waals surface area contributed by atoms with Gasteiger partial charge in [-0.25, -0.2) is 4.79 Å². The van der Waals surface area contributed by atoms with Crippen LogP contribution in [0.3, 0.4) is 0 Å². The second kappa shape index (κ2) is 9.79. The Morgan fingerprint density at radius 2 is 2.03 bits per heavy atom. The summed E-state index contributed by atoms with van der Waals surface area (Å²) in [5, 5.41) is 20.5. The molecule has 0 bridgehead atoms. The Labute approximate surface area is 194 Å². The monoisotopic (exact) mass is 486 g/mol. The number of H-pyrrole nitrogens is 2. The van der Waals surface area contributed by atoms with Crippen molar-refractivity contribution in [3.05, 3.63) is 67.7 Å². The lowest BCUT2D eigenvalue weighted by molar-refractivity contribution is -0.113. The lowest BCUT2D eigenvalue weighted by atomic mass is 10.2. The molecule has 12 nitrogen and oxygen atoms in total. The van der Waals surface area contributed by atoms with Crippen LogP contribution in [0.25, 0.3) is 5.69 Å². The fraction of sp³-hybridized carbons (Fsp3) is 0.211. The lowest BCUT2D eigenvalue weighted by Gasteiger charge is -2.11. The molecule has 33 heavy (non-hydrogen) atoms. The van der Waals surface area contributed by atoms with Crippen molar-refractivity contribution in [1.82, 2.24) is 34.9 Å². The van der Waals surface area contributed by atoms with E-state index in [1.165, 1.54) is 29.2 Å². The van der Waals surface area contributed by atoms with Gasteiger partial charge in [0, 0.05) is 24.2 Å². The molecule has 0 unspecified atom stereocenters. The summed E-state index contributed by atoms with van der Waals surface area (Å²) in [6.07, 6.45) is 0.139. The number of thioether (sulfide) groups is 1. The van der Waals surface area contributed by atoms with Gasteiger partial charge in [0.2, 0.25) is 11.0 Å². The molecule has 1 amide bonds. The molecule has 0 fully saturated rings. The minimum Gasteiger partial charge on any atom is -0.497 e. The standard InChI is InChI=1S/C19H18N8O4S2/c1-10-23-25-18(33-10)22-16(29)9-32-19-26-24-14(6-11-7-15(28)21-17(30)20-11)27(19)12-4-3-5-13(8-12)31-2/h3-5,7-8H,6,9H2,1-2H3,(H,22,25,29)(H2,20,21,28,30). The molecule has 0 aliphatic rings. The molecule has 3 aromatic heterocycles. The van der Waals surface area contributed by atoms with E-state index in [4.69, 9.17) is 4.74 Å². The fourth-order valence-corrected chi connectivity index (χ4v) is 4.31. The van der Waals surface area contributed by atoms with Crippen LogP contribution in [-0.2, 0) is 11.2 Å². The highest BCUT2D eigenvalue weighted by Crippen LogP contribution is 2.26. The van der Waals surface area contributed by atoms with Crippen molar-refractivity contribution in [2.75, 3.05) is 18.2 Å². The zero-order valence-corrected chi connectivity index (χ0v) is 19.1. The lowest BCUT2D eigenvalue weighted by Crippen LogP contribution is -2.23. The maximum absolute atomic E-state index is 12.4. The number of nitrogens with one attached hydrogen (secondary N) is 3. The van der Waals surface area contributed by atoms with Crippen LogP contribution in [0, 0.1) is 6.92 Å². The van der Waals surface area contributed by atoms with Crippen LogP contribution in [0.4, 0.5) is 5.13 Å². The molecule has 4 rings (SSSR count). The normalized spacial score (nSPS) is 10.8. The van der Waals surface area contributed by atoms with Crippen molar-refractivity contribution in [1.29, 1.82) is 0 Å². The Morgan fingerprint density at radius 1 is 1.18 bits per heavy atom. The van der Waals surface area contributed by atoms with Crippen LogP contribution < -0.4 is 21.3 Å². The molecule has 0 saturated heterocycles. The summed E-state index contributed by atoms with van der Waals surface area (Å²) >= 11 is 2.46. The molecule has 1 aromatic carbocycles. The van der Waals surface area contributed by atoms with Crippen LogP contribution in [-0.4, -0.2) is 53.7 Å². The molecular weight excluding hydrogens is 468 g/mol. The van der Waals surface area contributed by atoms with Crippen molar-refractivity contribution in [2.45, 2.75) is 18.5 Å². The van der Waals surface area contributed by atoms with Crippen molar-refractivity contribution >= 4 is 34.1 Å². The predicted octanol–water partition coefficient (Wildman–Crippen LogP) is 1.13. The Kier molecular flexibility index (Phi) is 6.65. The number of nitrogens with zero attached hydrogens (tertiary/aromatic N) is 5. The number of rotatable bonds is 8. The van der Waals surface area contributed by atoms with Gasteiger partial charge in [-0.3, -0.25) is 24.5 Å². The van der Waals surface area contributed by atoms with Crippen molar-refractivity contribution in [2.24, 2.45) is 0 Å². The minimum atomic E-state index is -0.608. The third kappa shape index (κ3) is 5.53. The highest BCUT2D eigenvalue weighted by Gasteiger charge is 2.18. The number of carbonyl (C=O) groups is 1. The molecule has 0 atom stereocenters. The number of ether oxygens (including phenoxy) is 1. The van der Waals surface area contributed by atoms with Crippen LogP contribution in [0.5, 0.6) is 5.75 Å². The van der Waals surface area contributed by atoms with E-state index in [-0.39, 0.29) is 18.1 Å². The van der Waals surface area contributed by atoms with Crippen LogP contribution in [0.15, 0.2) is 45.1 Å². The first-order chi connectivity index (χ1) is 15.9. The van der Waals surface area contributed by atoms with E-state index in [9.17, 15) is 14.4 Å². The highest BCUT2D eigenvalue weighted by molar-refractivity contribution is 7.99. The third-order valence-corrected chi connectivity index (χ3v) is 5.96. The molecule has 0 aliphatic carbocycles. The summed E-state index contributed by atoms with van der Waals surface area (Å²) in [6, 6.07) is 8.53. The average molecular weight is 487 g/mol. The van der Waals surface area contributed by atoms with E-state index in [1.54, 1.807) is 30.7 Å². The van der Waals surface area contributed by atoms with Crippen molar-refractivity contribution in [3.63, 3.8) is 0 Å². The topological polar surface area (TPSA) is 161 Å². The van der Waals surface area contributed by atoms with E-state index in [0.717, 1.165) is 5.01 Å². The second-order valence-corrected chi connectivity index (χ2v) is 8.81. The van der Waals surface area contributed by atoms with Gasteiger partial charge in [-0.05, 0) is 19.1 Å². The number of amides is 1. The van der Waals surface area contributed by atoms with E-state index < -0.39 is 11.2 Å². The molecule has 0 aliphatic heterocycles. The predicted molar refractivity (Wildman–Crippen MR) is 122 cm³/mol. The van der Waals surface area contributed by atoms with Gasteiger partial charge < -0.3 is 9.72 Å². The summed E-state index contributed by atoms with van der Waals surface area (Å²) in [6.45, 7) is 1.80. The van der Waals surface area contributed by atoms with E-state index in [0.29, 0.717) is 33.2 Å². The molecule has 0 spiro atoms. The third-order valence-electron chi connectivity index (χ3n) is 4.28. The van der Waals surface area contributed by atoms with Gasteiger partial charge in [0.15, 0.2) is 5.16 Å². The average Bonchev–Trinajstić information content (AvgIpc) is 3.37. The van der Waals surface area contributed by atoms with Gasteiger partial charge in [0.25, 0.3) is 5.56 Å². The number of aromatic nitrogens is 7. The Morgan fingerprint density at radius 3 is 2.76 bits per heavy atom.